The Morgan fingerprint density at radius 3 is 2.50 bits per heavy atom. The second kappa shape index (κ2) is 6.37. The minimum Gasteiger partial charge on any atom is -0.344 e. The van der Waals surface area contributed by atoms with Crippen molar-refractivity contribution in [2.75, 3.05) is 19.8 Å². The van der Waals surface area contributed by atoms with E-state index in [0.717, 1.165) is 0 Å². The van der Waals surface area contributed by atoms with Gasteiger partial charge in [0.05, 0.1) is 13.2 Å². The molecule has 1 radical (unpaired) electrons. The number of hydrogen-bond donors (Lipinski definition) is 1. The first-order valence-electron chi connectivity index (χ1n) is 4.20. The van der Waals surface area contributed by atoms with Crippen molar-refractivity contribution in [3.8, 4) is 0 Å². The molecule has 4 heteroatoms. The van der Waals surface area contributed by atoms with E-state index < -0.39 is 5.97 Å². The molecule has 0 saturated heterocycles. The number of aliphatic hydroxyl groups is 1. The SMILES string of the molecule is CCOC(C)(O)OCCCC[O]. The van der Waals surface area contributed by atoms with Gasteiger partial charge in [-0.05, 0) is 19.8 Å². The van der Waals surface area contributed by atoms with Gasteiger partial charge in [0, 0.05) is 13.5 Å². The highest BCUT2D eigenvalue weighted by Crippen LogP contribution is 2.08. The molecule has 0 aromatic heterocycles. The van der Waals surface area contributed by atoms with Crippen molar-refractivity contribution in [3.05, 3.63) is 0 Å². The second-order valence-corrected chi connectivity index (χ2v) is 2.59. The van der Waals surface area contributed by atoms with E-state index in [4.69, 9.17) is 9.47 Å². The largest absolute Gasteiger partial charge is 0.344 e. The Balaban J connectivity index is 3.33. The summed E-state index contributed by atoms with van der Waals surface area (Å²) in [6.07, 6.45) is 1.23. The van der Waals surface area contributed by atoms with Crippen LogP contribution >= 0.6 is 0 Å². The van der Waals surface area contributed by atoms with Gasteiger partial charge in [-0.25, -0.2) is 5.11 Å². The third-order valence-electron chi connectivity index (χ3n) is 1.32. The molecule has 0 aliphatic heterocycles. The average Bonchev–Trinajstić information content (AvgIpc) is 1.98. The van der Waals surface area contributed by atoms with E-state index in [9.17, 15) is 10.2 Å². The molecular weight excluding hydrogens is 160 g/mol. The van der Waals surface area contributed by atoms with Gasteiger partial charge in [-0.1, -0.05) is 0 Å². The third kappa shape index (κ3) is 6.54. The first-order valence-corrected chi connectivity index (χ1v) is 4.20. The van der Waals surface area contributed by atoms with Crippen molar-refractivity contribution in [3.63, 3.8) is 0 Å². The summed E-state index contributed by atoms with van der Waals surface area (Å²) in [6, 6.07) is 0. The standard InChI is InChI=1S/C8H17O4/c1-3-11-8(2,10)12-7-5-4-6-9/h10H,3-7H2,1-2H3. The van der Waals surface area contributed by atoms with Gasteiger partial charge >= 0.3 is 0 Å². The van der Waals surface area contributed by atoms with Crippen LogP contribution in [-0.2, 0) is 14.6 Å². The van der Waals surface area contributed by atoms with Gasteiger partial charge in [0.15, 0.2) is 0 Å². The van der Waals surface area contributed by atoms with Gasteiger partial charge in [0.2, 0.25) is 0 Å². The Kier molecular flexibility index (Phi) is 6.28. The van der Waals surface area contributed by atoms with E-state index in [1.807, 2.05) is 0 Å². The fourth-order valence-electron chi connectivity index (χ4n) is 0.775. The zero-order chi connectivity index (χ0) is 9.45. The van der Waals surface area contributed by atoms with Crippen LogP contribution in [0.3, 0.4) is 0 Å². The molecule has 0 bridgehead atoms. The summed E-state index contributed by atoms with van der Waals surface area (Å²) in [5, 5.41) is 19.3. The van der Waals surface area contributed by atoms with Crippen LogP contribution in [0, 0.1) is 0 Å². The number of unbranched alkanes of at least 4 members (excludes halogenated alkanes) is 1. The Bertz CT molecular complexity index is 103. The lowest BCUT2D eigenvalue weighted by molar-refractivity contribution is -0.347. The quantitative estimate of drug-likeness (QED) is 0.464. The lowest BCUT2D eigenvalue weighted by atomic mass is 10.3. The molecule has 1 atom stereocenters. The molecule has 12 heavy (non-hydrogen) atoms. The second-order valence-electron chi connectivity index (χ2n) is 2.59. The van der Waals surface area contributed by atoms with E-state index >= 15 is 0 Å². The third-order valence-corrected chi connectivity index (χ3v) is 1.32. The molecule has 0 aromatic rings. The Labute approximate surface area is 73.1 Å². The van der Waals surface area contributed by atoms with Crippen molar-refractivity contribution in [2.45, 2.75) is 32.7 Å². The molecule has 0 aromatic carbocycles. The normalized spacial score (nSPS) is 16.0. The molecule has 73 valence electrons. The molecule has 0 spiro atoms. The molecule has 1 N–H and O–H groups in total. The lowest BCUT2D eigenvalue weighted by Gasteiger charge is -2.22. The van der Waals surface area contributed by atoms with Gasteiger partial charge in [-0.15, -0.1) is 0 Å². The highest BCUT2D eigenvalue weighted by molar-refractivity contribution is 4.43. The van der Waals surface area contributed by atoms with Crippen LogP contribution in [0.1, 0.15) is 26.7 Å². The summed E-state index contributed by atoms with van der Waals surface area (Å²) >= 11 is 0. The molecule has 1 unspecified atom stereocenters. The van der Waals surface area contributed by atoms with Crippen molar-refractivity contribution < 1.29 is 19.7 Å². The van der Waals surface area contributed by atoms with Crippen LogP contribution in [0.5, 0.6) is 0 Å². The topological polar surface area (TPSA) is 58.6 Å². The molecule has 0 fully saturated rings. The van der Waals surface area contributed by atoms with Crippen molar-refractivity contribution in [1.82, 2.24) is 0 Å². The first-order chi connectivity index (χ1) is 5.62. The predicted octanol–water partition coefficient (Wildman–Crippen LogP) is 0.916. The summed E-state index contributed by atoms with van der Waals surface area (Å²) in [5.74, 6) is -1.50. The number of ether oxygens (including phenoxy) is 2. The molecule has 0 amide bonds. The molecule has 4 nitrogen and oxygen atoms in total. The van der Waals surface area contributed by atoms with E-state index in [1.165, 1.54) is 6.92 Å². The fourth-order valence-corrected chi connectivity index (χ4v) is 0.775. The molecule has 0 heterocycles. The maximum atomic E-state index is 10.0. The van der Waals surface area contributed by atoms with Crippen molar-refractivity contribution >= 4 is 0 Å². The fraction of sp³-hybridized carbons (Fsp3) is 1.00. The number of hydrogen-bond acceptors (Lipinski definition) is 3. The van der Waals surface area contributed by atoms with Crippen LogP contribution < -0.4 is 0 Å². The van der Waals surface area contributed by atoms with Crippen molar-refractivity contribution in [1.29, 1.82) is 0 Å². The van der Waals surface area contributed by atoms with Gasteiger partial charge in [-0.2, -0.15) is 0 Å². The molecule has 0 aliphatic carbocycles. The van der Waals surface area contributed by atoms with Crippen molar-refractivity contribution in [2.24, 2.45) is 0 Å². The highest BCUT2D eigenvalue weighted by atomic mass is 16.8. The lowest BCUT2D eigenvalue weighted by Crippen LogP contribution is -2.32. The maximum absolute atomic E-state index is 10.0. The summed E-state index contributed by atoms with van der Waals surface area (Å²) in [7, 11) is 0. The molecule has 0 saturated carbocycles. The highest BCUT2D eigenvalue weighted by Gasteiger charge is 2.19. The van der Waals surface area contributed by atoms with Crippen LogP contribution in [0.4, 0.5) is 0 Å². The monoisotopic (exact) mass is 177 g/mol. The maximum Gasteiger partial charge on any atom is 0.277 e. The van der Waals surface area contributed by atoms with E-state index in [-0.39, 0.29) is 6.61 Å². The Hall–Kier alpha value is -0.160. The van der Waals surface area contributed by atoms with Gasteiger partial charge in [0.25, 0.3) is 5.97 Å². The van der Waals surface area contributed by atoms with Crippen LogP contribution in [-0.4, -0.2) is 30.9 Å². The summed E-state index contributed by atoms with van der Waals surface area (Å²) in [5.41, 5.74) is 0. The predicted molar refractivity (Wildman–Crippen MR) is 43.0 cm³/mol. The van der Waals surface area contributed by atoms with Crippen LogP contribution in [0.15, 0.2) is 0 Å². The minimum atomic E-state index is -1.50. The minimum absolute atomic E-state index is 0.0971. The van der Waals surface area contributed by atoms with Crippen LogP contribution in [0.25, 0.3) is 0 Å². The van der Waals surface area contributed by atoms with E-state index in [0.29, 0.717) is 26.1 Å². The first kappa shape index (κ1) is 11.8. The zero-order valence-corrected chi connectivity index (χ0v) is 7.71. The summed E-state index contributed by atoms with van der Waals surface area (Å²) < 4.78 is 9.83. The van der Waals surface area contributed by atoms with Gasteiger partial charge < -0.3 is 14.6 Å². The van der Waals surface area contributed by atoms with Crippen LogP contribution in [0.2, 0.25) is 0 Å². The zero-order valence-electron chi connectivity index (χ0n) is 7.71. The molecule has 0 rings (SSSR count). The summed E-state index contributed by atoms with van der Waals surface area (Å²) in [4.78, 5) is 0. The summed E-state index contributed by atoms with van der Waals surface area (Å²) in [6.45, 7) is 3.87. The van der Waals surface area contributed by atoms with E-state index in [1.54, 1.807) is 6.92 Å². The number of rotatable bonds is 7. The van der Waals surface area contributed by atoms with Gasteiger partial charge in [-0.3, -0.25) is 0 Å². The Morgan fingerprint density at radius 1 is 1.33 bits per heavy atom. The Morgan fingerprint density at radius 2 is 2.00 bits per heavy atom. The van der Waals surface area contributed by atoms with Gasteiger partial charge in [0.1, 0.15) is 0 Å². The molecule has 0 aliphatic rings. The van der Waals surface area contributed by atoms with E-state index in [2.05, 4.69) is 0 Å². The smallest absolute Gasteiger partial charge is 0.277 e. The average molecular weight is 177 g/mol. The molecular formula is C8H17O4.